The van der Waals surface area contributed by atoms with E-state index in [0.717, 1.165) is 23.1 Å². The Balaban J connectivity index is 1.74. The first kappa shape index (κ1) is 28.7. The Morgan fingerprint density at radius 1 is 1.03 bits per heavy atom. The van der Waals surface area contributed by atoms with Gasteiger partial charge in [0.05, 0.1) is 16.0 Å². The average molecular weight is 583 g/mol. The van der Waals surface area contributed by atoms with Crippen LogP contribution < -0.4 is 5.32 Å². The van der Waals surface area contributed by atoms with E-state index >= 15 is 0 Å². The van der Waals surface area contributed by atoms with Crippen molar-refractivity contribution in [3.63, 3.8) is 0 Å². The molecule has 1 saturated heterocycles. The minimum Gasteiger partial charge on any atom is -0.480 e. The number of thioether (sulfide) groups is 1. The Labute approximate surface area is 219 Å². The molecule has 2 heterocycles. The van der Waals surface area contributed by atoms with Crippen LogP contribution in [-0.4, -0.2) is 45.2 Å². The first-order chi connectivity index (χ1) is 17.1. The van der Waals surface area contributed by atoms with Gasteiger partial charge in [-0.25, -0.2) is 0 Å². The zero-order valence-electron chi connectivity index (χ0n) is 18.4. The van der Waals surface area contributed by atoms with Gasteiger partial charge in [-0.3, -0.25) is 19.3 Å². The van der Waals surface area contributed by atoms with E-state index in [0.29, 0.717) is 17.0 Å². The molecular formula is C22H16F6N2O4S3. The van der Waals surface area contributed by atoms with E-state index in [1.165, 1.54) is 22.4 Å². The number of benzene rings is 1. The van der Waals surface area contributed by atoms with Gasteiger partial charge in [-0.1, -0.05) is 24.0 Å². The lowest BCUT2D eigenvalue weighted by Crippen LogP contribution is -2.32. The average Bonchev–Trinajstić information content (AvgIpc) is 3.36. The summed E-state index contributed by atoms with van der Waals surface area (Å²) in [7, 11) is 0. The fourth-order valence-electron chi connectivity index (χ4n) is 3.18. The molecule has 3 rings (SSSR count). The first-order valence-electron chi connectivity index (χ1n) is 10.3. The second kappa shape index (κ2) is 11.2. The molecule has 1 aliphatic rings. The lowest BCUT2D eigenvalue weighted by Gasteiger charge is -2.13. The van der Waals surface area contributed by atoms with Crippen LogP contribution in [0.3, 0.4) is 0 Å². The number of halogens is 6. The lowest BCUT2D eigenvalue weighted by atomic mass is 10.0. The van der Waals surface area contributed by atoms with Gasteiger partial charge < -0.3 is 10.4 Å². The molecule has 6 nitrogen and oxygen atoms in total. The van der Waals surface area contributed by atoms with Crippen molar-refractivity contribution < 1.29 is 45.8 Å². The van der Waals surface area contributed by atoms with Crippen LogP contribution >= 0.6 is 35.3 Å². The van der Waals surface area contributed by atoms with Crippen molar-refractivity contribution in [1.82, 2.24) is 10.2 Å². The first-order valence-corrected chi connectivity index (χ1v) is 12.4. The summed E-state index contributed by atoms with van der Waals surface area (Å²) in [5, 5.41) is 12.1. The van der Waals surface area contributed by atoms with E-state index in [1.54, 1.807) is 0 Å². The summed E-state index contributed by atoms with van der Waals surface area (Å²) in [5.41, 5.74) is -3.01. The molecule has 1 fully saturated rings. The molecule has 1 aliphatic heterocycles. The predicted molar refractivity (Wildman–Crippen MR) is 130 cm³/mol. The molecule has 2 amide bonds. The van der Waals surface area contributed by atoms with Crippen molar-refractivity contribution in [3.05, 3.63) is 50.6 Å². The van der Waals surface area contributed by atoms with E-state index < -0.39 is 47.8 Å². The highest BCUT2D eigenvalue weighted by atomic mass is 32.2. The number of thiophene rings is 1. The van der Waals surface area contributed by atoms with Crippen molar-refractivity contribution in [1.29, 1.82) is 0 Å². The summed E-state index contributed by atoms with van der Waals surface area (Å²) in [5.74, 6) is -2.16. The number of carbonyl (C=O) groups is 3. The van der Waals surface area contributed by atoms with Crippen molar-refractivity contribution in [3.8, 4) is 11.1 Å². The van der Waals surface area contributed by atoms with Gasteiger partial charge in [0.2, 0.25) is 5.91 Å². The van der Waals surface area contributed by atoms with Crippen LogP contribution in [-0.2, 0) is 26.7 Å². The second-order valence-corrected chi connectivity index (χ2v) is 10.3. The number of hydrogen-bond acceptors (Lipinski definition) is 6. The minimum atomic E-state index is -4.97. The molecule has 1 aromatic carbocycles. The van der Waals surface area contributed by atoms with Crippen LogP contribution in [0, 0.1) is 0 Å². The molecule has 37 heavy (non-hydrogen) atoms. The topological polar surface area (TPSA) is 86.7 Å². The molecule has 0 unspecified atom stereocenters. The van der Waals surface area contributed by atoms with Gasteiger partial charge >= 0.3 is 18.3 Å². The number of carbonyl (C=O) groups excluding carboxylic acids is 2. The molecule has 15 heteroatoms. The molecule has 2 aromatic rings. The molecule has 0 radical (unpaired) electrons. The third-order valence-electron chi connectivity index (χ3n) is 4.91. The zero-order chi connectivity index (χ0) is 27.5. The van der Waals surface area contributed by atoms with Gasteiger partial charge in [0.25, 0.3) is 5.91 Å². The van der Waals surface area contributed by atoms with Crippen molar-refractivity contribution in [2.45, 2.75) is 25.2 Å². The van der Waals surface area contributed by atoms with Gasteiger partial charge in [0.15, 0.2) is 0 Å². The van der Waals surface area contributed by atoms with Crippen LogP contribution in [0.5, 0.6) is 0 Å². The standard InChI is InChI=1S/C22H16F6N2O4S3/c23-21(24,25)13-4-11(5-14(7-13)22(26,27)28)12-6-15(36-10-12)8-16-19(34)30(20(35)37-16)3-1-2-17(31)29-9-18(32)33/h4-8,10H,1-3,9H2,(H,29,31)(H,32,33). The minimum absolute atomic E-state index is 0.0332. The van der Waals surface area contributed by atoms with Gasteiger partial charge in [-0.05, 0) is 53.3 Å². The molecule has 198 valence electrons. The van der Waals surface area contributed by atoms with E-state index in [-0.39, 0.29) is 45.8 Å². The Bertz CT molecular complexity index is 1240. The number of aliphatic carboxylic acids is 1. The van der Waals surface area contributed by atoms with Crippen LogP contribution in [0.4, 0.5) is 26.3 Å². The highest BCUT2D eigenvalue weighted by Gasteiger charge is 2.37. The van der Waals surface area contributed by atoms with Gasteiger partial charge in [0.1, 0.15) is 10.9 Å². The highest BCUT2D eigenvalue weighted by Crippen LogP contribution is 2.40. The van der Waals surface area contributed by atoms with Crippen molar-refractivity contribution in [2.24, 2.45) is 0 Å². The summed E-state index contributed by atoms with van der Waals surface area (Å²) in [6.07, 6.45) is -8.33. The zero-order valence-corrected chi connectivity index (χ0v) is 20.9. The summed E-state index contributed by atoms with van der Waals surface area (Å²) in [6, 6.07) is 2.69. The van der Waals surface area contributed by atoms with E-state index in [1.807, 2.05) is 0 Å². The fraction of sp³-hybridized carbons (Fsp3) is 0.273. The largest absolute Gasteiger partial charge is 0.480 e. The maximum atomic E-state index is 13.2. The number of hydrogen-bond donors (Lipinski definition) is 2. The van der Waals surface area contributed by atoms with Crippen LogP contribution in [0.25, 0.3) is 17.2 Å². The molecular weight excluding hydrogens is 566 g/mol. The quantitative estimate of drug-likeness (QED) is 0.238. The summed E-state index contributed by atoms with van der Waals surface area (Å²) in [6.45, 7) is -0.425. The third-order valence-corrected chi connectivity index (χ3v) is 7.17. The van der Waals surface area contributed by atoms with E-state index in [2.05, 4.69) is 5.32 Å². The Morgan fingerprint density at radius 2 is 1.65 bits per heavy atom. The predicted octanol–water partition coefficient (Wildman–Crippen LogP) is 5.63. The Hall–Kier alpha value is -2.91. The van der Waals surface area contributed by atoms with Crippen molar-refractivity contribution >= 4 is 63.5 Å². The molecule has 0 aliphatic carbocycles. The normalized spacial score (nSPS) is 15.5. The number of thiocarbonyl (C=S) groups is 1. The van der Waals surface area contributed by atoms with E-state index in [4.69, 9.17) is 17.3 Å². The maximum Gasteiger partial charge on any atom is 0.416 e. The van der Waals surface area contributed by atoms with Gasteiger partial charge in [-0.2, -0.15) is 26.3 Å². The van der Waals surface area contributed by atoms with Crippen LogP contribution in [0.15, 0.2) is 34.6 Å². The van der Waals surface area contributed by atoms with Crippen LogP contribution in [0.2, 0.25) is 0 Å². The van der Waals surface area contributed by atoms with Gasteiger partial charge in [-0.15, -0.1) is 11.3 Å². The van der Waals surface area contributed by atoms with E-state index in [9.17, 15) is 40.7 Å². The Morgan fingerprint density at radius 3 is 2.22 bits per heavy atom. The molecule has 1 aromatic heterocycles. The van der Waals surface area contributed by atoms with Crippen molar-refractivity contribution in [2.75, 3.05) is 13.1 Å². The number of nitrogens with one attached hydrogen (secondary N) is 1. The smallest absolute Gasteiger partial charge is 0.416 e. The number of carboxylic acid groups (broad SMARTS) is 1. The molecule has 0 spiro atoms. The highest BCUT2D eigenvalue weighted by molar-refractivity contribution is 8.26. The molecule has 2 N–H and O–H groups in total. The monoisotopic (exact) mass is 582 g/mol. The molecule has 0 saturated carbocycles. The third kappa shape index (κ3) is 7.55. The summed E-state index contributed by atoms with van der Waals surface area (Å²) < 4.78 is 79.2. The number of rotatable bonds is 8. The summed E-state index contributed by atoms with van der Waals surface area (Å²) in [4.78, 5) is 36.7. The number of alkyl halides is 6. The number of amides is 2. The number of nitrogens with zero attached hydrogens (tertiary/aromatic N) is 1. The SMILES string of the molecule is O=C(O)CNC(=O)CCCN1C(=O)C(=Cc2cc(-c3cc(C(F)(F)F)cc(C(F)(F)F)c3)cs2)SC1=S. The van der Waals surface area contributed by atoms with Crippen LogP contribution in [0.1, 0.15) is 28.8 Å². The maximum absolute atomic E-state index is 13.2. The number of carboxylic acids is 1. The summed E-state index contributed by atoms with van der Waals surface area (Å²) >= 11 is 7.19. The lowest BCUT2D eigenvalue weighted by molar-refractivity contribution is -0.143. The Kier molecular flexibility index (Phi) is 8.70. The second-order valence-electron chi connectivity index (χ2n) is 7.64. The fourth-order valence-corrected chi connectivity index (χ4v) is 5.41. The van der Waals surface area contributed by atoms with Gasteiger partial charge in [0, 0.05) is 17.8 Å². The molecule has 0 atom stereocenters. The molecule has 0 bridgehead atoms.